The van der Waals surface area contributed by atoms with Crippen LogP contribution in [0.4, 0.5) is 11.4 Å². The number of azo groups is 1. The molecule has 222 valence electrons. The van der Waals surface area contributed by atoms with Crippen LogP contribution in [0.1, 0.15) is 103 Å². The van der Waals surface area contributed by atoms with Gasteiger partial charge in [-0.05, 0) is 86.5 Å². The van der Waals surface area contributed by atoms with Crippen molar-refractivity contribution in [1.29, 1.82) is 0 Å². The lowest BCUT2D eigenvalue weighted by molar-refractivity contribution is 0.0499. The standard InChI is InChI=1S/C34H40N2O6/c1-4-6-8-9-10-11-23-40-29-18-14-27(15-19-29)34(39)42-30-20-21-32(31(24-30)25(3)37)36-35-28-16-12-26(13-17-28)33(38)41-22-7-5-2/h12-21,24H,4-11,22-23H2,1-3H3. The number of ketones is 1. The maximum Gasteiger partial charge on any atom is 0.343 e. The van der Waals surface area contributed by atoms with Crippen LogP contribution in [0.5, 0.6) is 11.5 Å². The average molecular weight is 573 g/mol. The second-order valence-electron chi connectivity index (χ2n) is 10.0. The maximum atomic E-state index is 12.7. The summed E-state index contributed by atoms with van der Waals surface area (Å²) in [7, 11) is 0. The molecule has 0 N–H and O–H groups in total. The van der Waals surface area contributed by atoms with E-state index < -0.39 is 5.97 Å². The van der Waals surface area contributed by atoms with Gasteiger partial charge in [-0.25, -0.2) is 9.59 Å². The van der Waals surface area contributed by atoms with Gasteiger partial charge in [0.05, 0.1) is 35.7 Å². The summed E-state index contributed by atoms with van der Waals surface area (Å²) < 4.78 is 16.5. The zero-order chi connectivity index (χ0) is 30.2. The van der Waals surface area contributed by atoms with E-state index in [1.165, 1.54) is 38.7 Å². The summed E-state index contributed by atoms with van der Waals surface area (Å²) in [5.74, 6) is -0.258. The molecule has 0 amide bonds. The first-order valence-corrected chi connectivity index (χ1v) is 14.7. The monoisotopic (exact) mass is 572 g/mol. The van der Waals surface area contributed by atoms with E-state index in [0.29, 0.717) is 41.5 Å². The molecule has 8 heteroatoms. The second-order valence-corrected chi connectivity index (χ2v) is 10.0. The molecule has 3 aromatic carbocycles. The molecular weight excluding hydrogens is 532 g/mol. The molecule has 0 aliphatic heterocycles. The van der Waals surface area contributed by atoms with Gasteiger partial charge in [-0.3, -0.25) is 4.79 Å². The Morgan fingerprint density at radius 1 is 0.643 bits per heavy atom. The molecule has 0 aromatic heterocycles. The molecule has 8 nitrogen and oxygen atoms in total. The van der Waals surface area contributed by atoms with Gasteiger partial charge in [0.25, 0.3) is 0 Å². The average Bonchev–Trinajstić information content (AvgIpc) is 3.00. The van der Waals surface area contributed by atoms with Crippen LogP contribution in [0.15, 0.2) is 77.0 Å². The predicted molar refractivity (Wildman–Crippen MR) is 163 cm³/mol. The molecule has 0 saturated carbocycles. The number of carbonyl (C=O) groups excluding carboxylic acids is 3. The van der Waals surface area contributed by atoms with Gasteiger partial charge in [-0.2, -0.15) is 5.11 Å². The largest absolute Gasteiger partial charge is 0.494 e. The maximum absolute atomic E-state index is 12.7. The number of esters is 2. The highest BCUT2D eigenvalue weighted by atomic mass is 16.5. The highest BCUT2D eigenvalue weighted by molar-refractivity contribution is 5.99. The van der Waals surface area contributed by atoms with E-state index in [4.69, 9.17) is 14.2 Å². The Bertz CT molecular complexity index is 1330. The third kappa shape index (κ3) is 10.6. The van der Waals surface area contributed by atoms with E-state index in [1.807, 2.05) is 6.92 Å². The Morgan fingerprint density at radius 3 is 1.95 bits per heavy atom. The zero-order valence-corrected chi connectivity index (χ0v) is 24.8. The number of carbonyl (C=O) groups is 3. The van der Waals surface area contributed by atoms with Gasteiger partial charge in [-0.15, -0.1) is 5.11 Å². The molecule has 42 heavy (non-hydrogen) atoms. The van der Waals surface area contributed by atoms with Crippen molar-refractivity contribution in [2.75, 3.05) is 13.2 Å². The fourth-order valence-corrected chi connectivity index (χ4v) is 4.04. The molecular formula is C34H40N2O6. The Morgan fingerprint density at radius 2 is 1.26 bits per heavy atom. The number of hydrogen-bond acceptors (Lipinski definition) is 8. The summed E-state index contributed by atoms with van der Waals surface area (Å²) in [5, 5.41) is 8.39. The lowest BCUT2D eigenvalue weighted by Gasteiger charge is -2.09. The van der Waals surface area contributed by atoms with Crippen LogP contribution in [-0.4, -0.2) is 30.9 Å². The van der Waals surface area contributed by atoms with Gasteiger partial charge in [0.1, 0.15) is 11.5 Å². The number of rotatable bonds is 17. The highest BCUT2D eigenvalue weighted by Crippen LogP contribution is 2.28. The number of benzene rings is 3. The van der Waals surface area contributed by atoms with Gasteiger partial charge in [0.2, 0.25) is 0 Å². The van der Waals surface area contributed by atoms with E-state index in [1.54, 1.807) is 60.7 Å². The van der Waals surface area contributed by atoms with Gasteiger partial charge >= 0.3 is 11.9 Å². The lowest BCUT2D eigenvalue weighted by atomic mass is 10.1. The number of hydrogen-bond donors (Lipinski definition) is 0. The van der Waals surface area contributed by atoms with E-state index in [0.717, 1.165) is 25.7 Å². The second kappa shape index (κ2) is 17.5. The first kappa shape index (κ1) is 32.2. The van der Waals surface area contributed by atoms with Crippen molar-refractivity contribution in [3.63, 3.8) is 0 Å². The zero-order valence-electron chi connectivity index (χ0n) is 24.8. The molecule has 0 aliphatic rings. The molecule has 0 saturated heterocycles. The number of ether oxygens (including phenoxy) is 3. The molecule has 0 fully saturated rings. The number of nitrogens with zero attached hydrogens (tertiary/aromatic N) is 2. The van der Waals surface area contributed by atoms with E-state index in [9.17, 15) is 14.4 Å². The highest BCUT2D eigenvalue weighted by Gasteiger charge is 2.14. The number of unbranched alkanes of at least 4 members (excludes halogenated alkanes) is 6. The molecule has 0 aliphatic carbocycles. The van der Waals surface area contributed by atoms with Crippen LogP contribution < -0.4 is 9.47 Å². The topological polar surface area (TPSA) is 104 Å². The van der Waals surface area contributed by atoms with Crippen LogP contribution in [0, 0.1) is 0 Å². The van der Waals surface area contributed by atoms with Crippen molar-refractivity contribution in [1.82, 2.24) is 0 Å². The minimum absolute atomic E-state index is 0.221. The van der Waals surface area contributed by atoms with Gasteiger partial charge in [0.15, 0.2) is 5.78 Å². The van der Waals surface area contributed by atoms with Crippen molar-refractivity contribution in [2.24, 2.45) is 10.2 Å². The normalized spacial score (nSPS) is 10.9. The third-order valence-electron chi connectivity index (χ3n) is 6.52. The Kier molecular flexibility index (Phi) is 13.4. The fraction of sp³-hybridized carbons (Fsp3) is 0.382. The Hall–Kier alpha value is -4.33. The summed E-state index contributed by atoms with van der Waals surface area (Å²) >= 11 is 0. The third-order valence-corrected chi connectivity index (χ3v) is 6.52. The minimum Gasteiger partial charge on any atom is -0.494 e. The molecule has 0 heterocycles. The summed E-state index contributed by atoms with van der Waals surface area (Å²) in [6.45, 7) is 6.67. The van der Waals surface area contributed by atoms with Crippen molar-refractivity contribution < 1.29 is 28.6 Å². The van der Waals surface area contributed by atoms with Crippen LogP contribution in [0.3, 0.4) is 0 Å². The lowest BCUT2D eigenvalue weighted by Crippen LogP contribution is -2.09. The van der Waals surface area contributed by atoms with Gasteiger partial charge in [0, 0.05) is 5.56 Å². The quantitative estimate of drug-likeness (QED) is 0.0525. The first-order valence-electron chi connectivity index (χ1n) is 14.7. The summed E-state index contributed by atoms with van der Waals surface area (Å²) in [5.41, 5.74) is 1.89. The van der Waals surface area contributed by atoms with Crippen molar-refractivity contribution in [3.05, 3.63) is 83.4 Å². The minimum atomic E-state index is -0.547. The first-order chi connectivity index (χ1) is 20.4. The Labute approximate surface area is 248 Å². The molecule has 0 spiro atoms. The van der Waals surface area contributed by atoms with Crippen molar-refractivity contribution in [2.45, 2.75) is 72.1 Å². The van der Waals surface area contributed by atoms with Crippen molar-refractivity contribution >= 4 is 29.1 Å². The molecule has 3 rings (SSSR count). The van der Waals surface area contributed by atoms with Crippen molar-refractivity contribution in [3.8, 4) is 11.5 Å². The van der Waals surface area contributed by atoms with Crippen LogP contribution in [0.2, 0.25) is 0 Å². The SMILES string of the molecule is CCCCCCCCOc1ccc(C(=O)Oc2ccc(N=Nc3ccc(C(=O)OCCCC)cc3)c(C(C)=O)c2)cc1. The fourth-order valence-electron chi connectivity index (χ4n) is 4.04. The molecule has 0 atom stereocenters. The molecule has 0 radical (unpaired) electrons. The van der Waals surface area contributed by atoms with E-state index in [-0.39, 0.29) is 23.1 Å². The summed E-state index contributed by atoms with van der Waals surface area (Å²) in [6, 6.07) is 17.9. The van der Waals surface area contributed by atoms with Crippen LogP contribution >= 0.6 is 0 Å². The van der Waals surface area contributed by atoms with Gasteiger partial charge in [-0.1, -0.05) is 52.4 Å². The van der Waals surface area contributed by atoms with Gasteiger partial charge < -0.3 is 14.2 Å². The molecule has 0 bridgehead atoms. The van der Waals surface area contributed by atoms with Crippen LogP contribution in [-0.2, 0) is 4.74 Å². The van der Waals surface area contributed by atoms with E-state index in [2.05, 4.69) is 17.2 Å². The molecule has 3 aromatic rings. The smallest absolute Gasteiger partial charge is 0.343 e. The number of Topliss-reactive ketones (excluding diaryl/α,β-unsaturated/α-hetero) is 1. The van der Waals surface area contributed by atoms with Crippen LogP contribution in [0.25, 0.3) is 0 Å². The predicted octanol–water partition coefficient (Wildman–Crippen LogP) is 9.22. The summed E-state index contributed by atoms with van der Waals surface area (Å²) in [6.07, 6.45) is 8.92. The van der Waals surface area contributed by atoms with E-state index >= 15 is 0 Å². The summed E-state index contributed by atoms with van der Waals surface area (Å²) in [4.78, 5) is 37.1. The Balaban J connectivity index is 1.56. The molecule has 0 unspecified atom stereocenters.